The molecule has 5 aliphatic carbocycles. The minimum Gasteiger partial charge on any atom is -0.0845 e. The highest BCUT2D eigenvalue weighted by Crippen LogP contribution is 2.74. The van der Waals surface area contributed by atoms with Crippen LogP contribution in [0.1, 0.15) is 117 Å². The van der Waals surface area contributed by atoms with E-state index in [1.54, 1.807) is 38.5 Å². The number of hydrogen-bond donors (Lipinski definition) is 0. The van der Waals surface area contributed by atoms with Crippen LogP contribution in [0.5, 0.6) is 0 Å². The third-order valence-electron chi connectivity index (χ3n) is 11.1. The zero-order chi connectivity index (χ0) is 19.4. The fraction of sp³-hybridized carbons (Fsp3) is 0.929. The molecule has 0 aromatic heterocycles. The van der Waals surface area contributed by atoms with Gasteiger partial charge in [0, 0.05) is 0 Å². The molecule has 1 unspecified atom stereocenters. The van der Waals surface area contributed by atoms with Crippen molar-refractivity contribution in [2.75, 3.05) is 0 Å². The number of hydrogen-bond acceptors (Lipinski definition) is 0. The van der Waals surface area contributed by atoms with E-state index in [1.807, 2.05) is 5.57 Å². The van der Waals surface area contributed by atoms with Gasteiger partial charge in [0.1, 0.15) is 0 Å². The van der Waals surface area contributed by atoms with Gasteiger partial charge in [0.2, 0.25) is 0 Å². The van der Waals surface area contributed by atoms with Gasteiger partial charge in [-0.05, 0) is 104 Å². The van der Waals surface area contributed by atoms with E-state index in [9.17, 15) is 0 Å². The Balaban J connectivity index is 1.30. The fourth-order valence-corrected chi connectivity index (χ4v) is 9.78. The maximum Gasteiger partial charge on any atom is -0.00851 e. The maximum atomic E-state index is 2.80. The molecule has 0 bridgehead atoms. The van der Waals surface area contributed by atoms with Crippen molar-refractivity contribution in [3.8, 4) is 0 Å². The lowest BCUT2D eigenvalue weighted by atomic mass is 9.41. The first-order valence-electron chi connectivity index (χ1n) is 13.3. The summed E-state index contributed by atoms with van der Waals surface area (Å²) in [4.78, 5) is 0. The highest BCUT2D eigenvalue weighted by molar-refractivity contribution is 5.26. The predicted molar refractivity (Wildman–Crippen MR) is 120 cm³/mol. The van der Waals surface area contributed by atoms with Gasteiger partial charge >= 0.3 is 0 Å². The molecule has 0 nitrogen and oxygen atoms in total. The Morgan fingerprint density at radius 2 is 1.75 bits per heavy atom. The van der Waals surface area contributed by atoms with Gasteiger partial charge in [-0.1, -0.05) is 70.9 Å². The summed E-state index contributed by atoms with van der Waals surface area (Å²) < 4.78 is 0. The largest absolute Gasteiger partial charge is 0.0845 e. The molecule has 0 heteroatoms. The van der Waals surface area contributed by atoms with Crippen LogP contribution < -0.4 is 0 Å². The minimum absolute atomic E-state index is 0.580. The Kier molecular flexibility index (Phi) is 5.24. The third kappa shape index (κ3) is 2.82. The second kappa shape index (κ2) is 7.46. The van der Waals surface area contributed by atoms with Crippen LogP contribution in [0.3, 0.4) is 0 Å². The first kappa shape index (κ1) is 19.7. The molecule has 0 amide bonds. The van der Waals surface area contributed by atoms with Gasteiger partial charge in [-0.15, -0.1) is 0 Å². The lowest BCUT2D eigenvalue weighted by Gasteiger charge is -2.64. The average molecular weight is 383 g/mol. The Bertz CT molecular complexity index is 601. The summed E-state index contributed by atoms with van der Waals surface area (Å²) in [6.07, 6.45) is 25.5. The highest BCUT2D eigenvalue weighted by atomic mass is 14.7. The smallest absolute Gasteiger partial charge is 0.00851 e. The van der Waals surface area contributed by atoms with Gasteiger partial charge in [-0.3, -0.25) is 0 Å². The molecule has 0 radical (unpaired) electrons. The van der Waals surface area contributed by atoms with Gasteiger partial charge in [0.15, 0.2) is 0 Å². The summed E-state index contributed by atoms with van der Waals surface area (Å²) in [5.41, 5.74) is 3.31. The standard InChI is InChI=1S/C28H46/c1-4-6-7-9-21-19-28-17-15-25-23(26(28)13-12-24(21)28)11-10-22-18-20(8-5-2)14-16-27(22,25)3/h10,20-21,23-26H,4-9,11-19H2,1-3H3/t20?,21-,23+,24+,25-,26-,27-,28-/m0/s1. The normalized spacial score (nSPS) is 49.3. The van der Waals surface area contributed by atoms with Crippen LogP contribution in [-0.2, 0) is 0 Å². The van der Waals surface area contributed by atoms with Crippen molar-refractivity contribution in [1.29, 1.82) is 0 Å². The lowest BCUT2D eigenvalue weighted by Crippen LogP contribution is -2.56. The van der Waals surface area contributed by atoms with Crippen LogP contribution >= 0.6 is 0 Å². The number of fused-ring (bicyclic) bond motifs is 4. The number of unbranched alkanes of at least 4 members (excludes halogenated alkanes) is 2. The Hall–Kier alpha value is -0.260. The molecule has 28 heavy (non-hydrogen) atoms. The van der Waals surface area contributed by atoms with Gasteiger partial charge in [-0.25, -0.2) is 0 Å². The van der Waals surface area contributed by atoms with E-state index < -0.39 is 0 Å². The van der Waals surface area contributed by atoms with Crippen LogP contribution in [0.2, 0.25) is 0 Å². The molecule has 0 heterocycles. The van der Waals surface area contributed by atoms with Gasteiger partial charge < -0.3 is 0 Å². The van der Waals surface area contributed by atoms with Crippen molar-refractivity contribution >= 4 is 0 Å². The van der Waals surface area contributed by atoms with Crippen molar-refractivity contribution in [3.63, 3.8) is 0 Å². The maximum absolute atomic E-state index is 2.80. The summed E-state index contributed by atoms with van der Waals surface area (Å²) in [5.74, 6) is 6.43. The van der Waals surface area contributed by atoms with Crippen molar-refractivity contribution in [2.24, 2.45) is 46.3 Å². The van der Waals surface area contributed by atoms with Gasteiger partial charge in [-0.2, -0.15) is 0 Å². The summed E-state index contributed by atoms with van der Waals surface area (Å²) in [7, 11) is 0. The Morgan fingerprint density at radius 3 is 2.57 bits per heavy atom. The minimum atomic E-state index is 0.580. The van der Waals surface area contributed by atoms with Gasteiger partial charge in [0.25, 0.3) is 0 Å². The Labute approximate surface area is 175 Å². The Morgan fingerprint density at radius 1 is 0.893 bits per heavy atom. The van der Waals surface area contributed by atoms with Gasteiger partial charge in [0.05, 0.1) is 0 Å². The van der Waals surface area contributed by atoms with E-state index in [4.69, 9.17) is 0 Å². The van der Waals surface area contributed by atoms with E-state index in [1.165, 1.54) is 57.8 Å². The summed E-state index contributed by atoms with van der Waals surface area (Å²) in [6, 6.07) is 0. The van der Waals surface area contributed by atoms with E-state index in [0.29, 0.717) is 5.41 Å². The fourth-order valence-electron chi connectivity index (χ4n) is 9.78. The molecular formula is C28H46. The highest BCUT2D eigenvalue weighted by Gasteiger charge is 2.65. The molecule has 0 N–H and O–H groups in total. The van der Waals surface area contributed by atoms with E-state index in [0.717, 1.165) is 40.9 Å². The van der Waals surface area contributed by atoms with E-state index in [-0.39, 0.29) is 0 Å². The molecule has 8 atom stereocenters. The zero-order valence-corrected chi connectivity index (χ0v) is 19.1. The molecule has 158 valence electrons. The van der Waals surface area contributed by atoms with Crippen molar-refractivity contribution in [3.05, 3.63) is 11.6 Å². The summed E-state index contributed by atoms with van der Waals surface area (Å²) >= 11 is 0. The molecule has 5 rings (SSSR count). The molecule has 1 spiro atoms. The molecule has 4 saturated carbocycles. The molecule has 0 saturated heterocycles. The van der Waals surface area contributed by atoms with E-state index in [2.05, 4.69) is 26.8 Å². The van der Waals surface area contributed by atoms with Crippen LogP contribution in [0.25, 0.3) is 0 Å². The van der Waals surface area contributed by atoms with Crippen molar-refractivity contribution in [1.82, 2.24) is 0 Å². The van der Waals surface area contributed by atoms with Crippen molar-refractivity contribution < 1.29 is 0 Å². The summed E-state index contributed by atoms with van der Waals surface area (Å²) in [5, 5.41) is 0. The number of allylic oxidation sites excluding steroid dienone is 2. The quantitative estimate of drug-likeness (QED) is 0.319. The van der Waals surface area contributed by atoms with E-state index >= 15 is 0 Å². The second-order valence-corrected chi connectivity index (χ2v) is 12.1. The third-order valence-corrected chi connectivity index (χ3v) is 11.1. The molecule has 5 aliphatic rings. The average Bonchev–Trinajstić information content (AvgIpc) is 2.98. The predicted octanol–water partition coefficient (Wildman–Crippen LogP) is 8.56. The van der Waals surface area contributed by atoms with Crippen LogP contribution in [0.4, 0.5) is 0 Å². The van der Waals surface area contributed by atoms with Crippen LogP contribution in [-0.4, -0.2) is 0 Å². The zero-order valence-electron chi connectivity index (χ0n) is 19.1. The second-order valence-electron chi connectivity index (χ2n) is 12.1. The first-order chi connectivity index (χ1) is 13.6. The van der Waals surface area contributed by atoms with Crippen molar-refractivity contribution in [2.45, 2.75) is 117 Å². The van der Waals surface area contributed by atoms with Crippen LogP contribution in [0.15, 0.2) is 11.6 Å². The molecule has 4 fully saturated rings. The molecular weight excluding hydrogens is 336 g/mol. The van der Waals surface area contributed by atoms with Crippen LogP contribution in [0, 0.1) is 46.3 Å². The lowest BCUT2D eigenvalue weighted by molar-refractivity contribution is -0.131. The molecule has 0 aliphatic heterocycles. The monoisotopic (exact) mass is 382 g/mol. The topological polar surface area (TPSA) is 0 Å². The summed E-state index contributed by atoms with van der Waals surface area (Å²) in [6.45, 7) is 7.44. The molecule has 0 aromatic carbocycles. The first-order valence-corrected chi connectivity index (χ1v) is 13.3. The molecule has 0 aromatic rings. The SMILES string of the molecule is CCCCC[C@H]1C[C@]23CC[C@H]4[C@@H](CC=C5CC(CCC)CC[C@@]54C)[C@@H]2CC[C@H]13. The number of rotatable bonds is 6.